The number of hydrogen-bond acceptors (Lipinski definition) is 6. The van der Waals surface area contributed by atoms with Crippen molar-refractivity contribution in [3.63, 3.8) is 0 Å². The Kier molecular flexibility index (Phi) is 5.52. The van der Waals surface area contributed by atoms with Crippen LogP contribution in [0.5, 0.6) is 0 Å². The number of nitrogens with one attached hydrogen (secondary N) is 2. The molecule has 1 amide bonds. The predicted molar refractivity (Wildman–Crippen MR) is 108 cm³/mol. The number of hydrogen-bond donors (Lipinski definition) is 2. The van der Waals surface area contributed by atoms with Crippen LogP contribution in [0.25, 0.3) is 21.0 Å². The number of nitrogens with zero attached hydrogens (tertiary/aromatic N) is 2. The van der Waals surface area contributed by atoms with E-state index in [0.29, 0.717) is 19.1 Å². The van der Waals surface area contributed by atoms with Gasteiger partial charge in [-0.2, -0.15) is 0 Å². The van der Waals surface area contributed by atoms with E-state index in [9.17, 15) is 4.79 Å². The summed E-state index contributed by atoms with van der Waals surface area (Å²) >= 11 is 1.65. The number of likely N-dealkylation sites (N-methyl/N-ethyl adjacent to an activating group) is 1. The van der Waals surface area contributed by atoms with Gasteiger partial charge in [0.15, 0.2) is 10.8 Å². The van der Waals surface area contributed by atoms with Crippen LogP contribution in [0, 0.1) is 0 Å². The van der Waals surface area contributed by atoms with Crippen molar-refractivity contribution in [3.05, 3.63) is 42.2 Å². The number of carbonyl (C=O) groups excluding carboxylic acids is 1. The molecule has 1 fully saturated rings. The molecule has 3 heterocycles. The molecule has 0 aliphatic carbocycles. The van der Waals surface area contributed by atoms with Gasteiger partial charge in [-0.15, -0.1) is 11.3 Å². The van der Waals surface area contributed by atoms with E-state index < -0.39 is 0 Å². The third-order valence-corrected chi connectivity index (χ3v) is 6.02. The van der Waals surface area contributed by atoms with Crippen molar-refractivity contribution in [3.8, 4) is 10.8 Å². The molecule has 3 aromatic rings. The minimum atomic E-state index is 0.0828. The Hall–Kier alpha value is -2.22. The molecule has 0 atom stereocenters. The Labute approximate surface area is 162 Å². The first-order valence-electron chi connectivity index (χ1n) is 9.32. The first-order valence-corrected chi connectivity index (χ1v) is 10.1. The second-order valence-corrected chi connectivity index (χ2v) is 7.89. The standard InChI is InChI=1S/C20H24N4O2S/c1-21-19(25)13-24-10-8-14(9-11-24)22-12-15-6-7-17(26-15)20-23-16-4-2-3-5-18(16)27-20/h2-7,14,22H,8-13H2,1H3,(H,21,25). The molecule has 1 aliphatic heterocycles. The van der Waals surface area contributed by atoms with Crippen LogP contribution in [0.15, 0.2) is 40.8 Å². The van der Waals surface area contributed by atoms with Crippen LogP contribution in [0.1, 0.15) is 18.6 Å². The van der Waals surface area contributed by atoms with Gasteiger partial charge in [-0.3, -0.25) is 9.69 Å². The Morgan fingerprint density at radius 1 is 1.26 bits per heavy atom. The SMILES string of the molecule is CNC(=O)CN1CCC(NCc2ccc(-c3nc4ccccc4s3)o2)CC1. The average molecular weight is 385 g/mol. The highest BCUT2D eigenvalue weighted by atomic mass is 32.1. The van der Waals surface area contributed by atoms with Gasteiger partial charge in [-0.25, -0.2) is 4.98 Å². The van der Waals surface area contributed by atoms with E-state index in [4.69, 9.17) is 4.42 Å². The molecular weight excluding hydrogens is 360 g/mol. The van der Waals surface area contributed by atoms with Crippen LogP contribution >= 0.6 is 11.3 Å². The number of aromatic nitrogens is 1. The minimum absolute atomic E-state index is 0.0828. The zero-order valence-electron chi connectivity index (χ0n) is 15.4. The molecule has 1 aromatic carbocycles. The summed E-state index contributed by atoms with van der Waals surface area (Å²) in [5.41, 5.74) is 1.01. The number of rotatable bonds is 6. The maximum absolute atomic E-state index is 11.5. The lowest BCUT2D eigenvalue weighted by atomic mass is 10.1. The molecule has 0 spiro atoms. The number of fused-ring (bicyclic) bond motifs is 1. The van der Waals surface area contributed by atoms with Crippen LogP contribution in [-0.2, 0) is 11.3 Å². The lowest BCUT2D eigenvalue weighted by molar-refractivity contribution is -0.122. The van der Waals surface area contributed by atoms with Gasteiger partial charge < -0.3 is 15.1 Å². The van der Waals surface area contributed by atoms with Crippen LogP contribution in [0.4, 0.5) is 0 Å². The molecule has 27 heavy (non-hydrogen) atoms. The summed E-state index contributed by atoms with van der Waals surface area (Å²) < 4.78 is 7.17. The second-order valence-electron chi connectivity index (χ2n) is 6.86. The largest absolute Gasteiger partial charge is 0.457 e. The van der Waals surface area contributed by atoms with E-state index in [1.807, 2.05) is 30.3 Å². The van der Waals surface area contributed by atoms with Crippen molar-refractivity contribution < 1.29 is 9.21 Å². The summed E-state index contributed by atoms with van der Waals surface area (Å²) in [6, 6.07) is 12.6. The summed E-state index contributed by atoms with van der Waals surface area (Å²) in [7, 11) is 1.68. The predicted octanol–water partition coefficient (Wildman–Crippen LogP) is 2.86. The number of para-hydroxylation sites is 1. The van der Waals surface area contributed by atoms with E-state index in [2.05, 4.69) is 26.6 Å². The van der Waals surface area contributed by atoms with E-state index in [1.54, 1.807) is 18.4 Å². The molecule has 4 rings (SSSR count). The molecule has 0 radical (unpaired) electrons. The number of benzene rings is 1. The Balaban J connectivity index is 1.29. The maximum atomic E-state index is 11.5. The lowest BCUT2D eigenvalue weighted by Crippen LogP contribution is -2.45. The molecule has 142 valence electrons. The molecule has 0 unspecified atom stereocenters. The average Bonchev–Trinajstić information content (AvgIpc) is 3.34. The van der Waals surface area contributed by atoms with Crippen molar-refractivity contribution in [2.75, 3.05) is 26.7 Å². The normalized spacial score (nSPS) is 16.0. The molecule has 2 N–H and O–H groups in total. The number of likely N-dealkylation sites (tertiary alicyclic amines) is 1. The fourth-order valence-corrected chi connectivity index (χ4v) is 4.32. The first kappa shape index (κ1) is 18.2. The summed E-state index contributed by atoms with van der Waals surface area (Å²) in [5.74, 6) is 1.84. The molecule has 1 saturated heterocycles. The van der Waals surface area contributed by atoms with E-state index in [-0.39, 0.29) is 5.91 Å². The van der Waals surface area contributed by atoms with E-state index in [1.165, 1.54) is 4.70 Å². The van der Waals surface area contributed by atoms with Gasteiger partial charge >= 0.3 is 0 Å². The Morgan fingerprint density at radius 2 is 2.07 bits per heavy atom. The van der Waals surface area contributed by atoms with Crippen molar-refractivity contribution in [2.45, 2.75) is 25.4 Å². The summed E-state index contributed by atoms with van der Waals surface area (Å²) in [5, 5.41) is 7.18. The van der Waals surface area contributed by atoms with Crippen molar-refractivity contribution in [1.29, 1.82) is 0 Å². The topological polar surface area (TPSA) is 70.4 Å². The smallest absolute Gasteiger partial charge is 0.233 e. The molecule has 2 aromatic heterocycles. The first-order chi connectivity index (χ1) is 13.2. The highest BCUT2D eigenvalue weighted by Gasteiger charge is 2.20. The van der Waals surface area contributed by atoms with Crippen molar-refractivity contribution in [2.24, 2.45) is 0 Å². The van der Waals surface area contributed by atoms with Crippen molar-refractivity contribution >= 4 is 27.5 Å². The monoisotopic (exact) mass is 384 g/mol. The van der Waals surface area contributed by atoms with Gasteiger partial charge in [0, 0.05) is 26.2 Å². The highest BCUT2D eigenvalue weighted by Crippen LogP contribution is 2.31. The number of carbonyl (C=O) groups is 1. The zero-order chi connectivity index (χ0) is 18.6. The summed E-state index contributed by atoms with van der Waals surface area (Å²) in [6.07, 6.45) is 2.09. The molecule has 7 heteroatoms. The fourth-order valence-electron chi connectivity index (χ4n) is 3.39. The highest BCUT2D eigenvalue weighted by molar-refractivity contribution is 7.21. The van der Waals surface area contributed by atoms with Gasteiger partial charge in [0.2, 0.25) is 5.91 Å². The van der Waals surface area contributed by atoms with Crippen LogP contribution < -0.4 is 10.6 Å². The minimum Gasteiger partial charge on any atom is -0.457 e. The number of amides is 1. The molecular formula is C20H24N4O2S. The summed E-state index contributed by atoms with van der Waals surface area (Å²) in [6.45, 7) is 3.10. The van der Waals surface area contributed by atoms with E-state index in [0.717, 1.165) is 48.0 Å². The van der Waals surface area contributed by atoms with E-state index >= 15 is 0 Å². The maximum Gasteiger partial charge on any atom is 0.233 e. The Morgan fingerprint density at radius 3 is 2.85 bits per heavy atom. The number of thiazole rings is 1. The van der Waals surface area contributed by atoms with Crippen LogP contribution in [-0.4, -0.2) is 48.5 Å². The van der Waals surface area contributed by atoms with Crippen LogP contribution in [0.2, 0.25) is 0 Å². The van der Waals surface area contributed by atoms with Gasteiger partial charge in [0.1, 0.15) is 5.76 Å². The van der Waals surface area contributed by atoms with Crippen molar-refractivity contribution in [1.82, 2.24) is 20.5 Å². The fraction of sp³-hybridized carbons (Fsp3) is 0.400. The van der Waals surface area contributed by atoms with Gasteiger partial charge in [-0.05, 0) is 37.1 Å². The second kappa shape index (κ2) is 8.21. The zero-order valence-corrected chi connectivity index (χ0v) is 16.2. The number of furan rings is 1. The lowest BCUT2D eigenvalue weighted by Gasteiger charge is -2.31. The molecule has 0 bridgehead atoms. The van der Waals surface area contributed by atoms with Crippen LogP contribution in [0.3, 0.4) is 0 Å². The summed E-state index contributed by atoms with van der Waals surface area (Å²) in [4.78, 5) is 18.3. The third kappa shape index (κ3) is 4.37. The molecule has 6 nitrogen and oxygen atoms in total. The van der Waals surface area contributed by atoms with Gasteiger partial charge in [-0.1, -0.05) is 12.1 Å². The van der Waals surface area contributed by atoms with Gasteiger partial charge in [0.25, 0.3) is 0 Å². The Bertz CT molecular complexity index is 878. The molecule has 1 aliphatic rings. The number of piperidine rings is 1. The molecule has 0 saturated carbocycles. The van der Waals surface area contributed by atoms with Gasteiger partial charge in [0.05, 0.1) is 23.3 Å². The quantitative estimate of drug-likeness (QED) is 0.684. The third-order valence-electron chi connectivity index (χ3n) is 4.96.